The molecule has 0 bridgehead atoms. The van der Waals surface area contributed by atoms with Gasteiger partial charge in [-0.25, -0.2) is 4.98 Å². The highest BCUT2D eigenvalue weighted by Gasteiger charge is 2.03. The van der Waals surface area contributed by atoms with Gasteiger partial charge in [-0.15, -0.1) is 0 Å². The third kappa shape index (κ3) is 1.36. The molecule has 3 N–H and O–H groups in total. The van der Waals surface area contributed by atoms with Crippen LogP contribution in [0.4, 0.5) is 0 Å². The number of nitrogens with two attached hydrogens (primary N) is 1. The van der Waals surface area contributed by atoms with Crippen LogP contribution in [0.1, 0.15) is 5.69 Å². The summed E-state index contributed by atoms with van der Waals surface area (Å²) in [6.07, 6.45) is 4.46. The summed E-state index contributed by atoms with van der Waals surface area (Å²) < 4.78 is 1.79. The number of aromatic hydroxyl groups is 1. The minimum Gasteiger partial charge on any atom is -0.504 e. The lowest BCUT2D eigenvalue weighted by Gasteiger charge is -1.92. The molecule has 2 aromatic rings. The molecule has 13 heavy (non-hydrogen) atoms. The summed E-state index contributed by atoms with van der Waals surface area (Å²) in [5, 5.41) is 9.44. The Hall–Kier alpha value is -1.55. The van der Waals surface area contributed by atoms with Crippen LogP contribution in [-0.2, 0) is 6.42 Å². The van der Waals surface area contributed by atoms with Crippen molar-refractivity contribution in [2.75, 3.05) is 6.54 Å². The summed E-state index contributed by atoms with van der Waals surface area (Å²) >= 11 is 0. The van der Waals surface area contributed by atoms with Gasteiger partial charge in [-0.05, 0) is 18.7 Å². The Morgan fingerprint density at radius 3 is 3.08 bits per heavy atom. The fraction of sp³-hybridized carbons (Fsp3) is 0.222. The number of aromatic nitrogens is 2. The maximum Gasteiger partial charge on any atom is 0.179 e. The van der Waals surface area contributed by atoms with Crippen molar-refractivity contribution < 1.29 is 5.11 Å². The first-order valence-electron chi connectivity index (χ1n) is 4.17. The van der Waals surface area contributed by atoms with E-state index in [4.69, 9.17) is 5.73 Å². The van der Waals surface area contributed by atoms with Crippen molar-refractivity contribution in [2.24, 2.45) is 5.73 Å². The molecule has 2 rings (SSSR count). The number of hydrogen-bond acceptors (Lipinski definition) is 3. The van der Waals surface area contributed by atoms with Crippen molar-refractivity contribution in [2.45, 2.75) is 6.42 Å². The van der Waals surface area contributed by atoms with Crippen LogP contribution in [0.2, 0.25) is 0 Å². The third-order valence-corrected chi connectivity index (χ3v) is 1.91. The molecule has 0 aliphatic carbocycles. The van der Waals surface area contributed by atoms with Gasteiger partial charge in [0.1, 0.15) is 0 Å². The van der Waals surface area contributed by atoms with Gasteiger partial charge < -0.3 is 15.2 Å². The molecule has 0 aliphatic heterocycles. The van der Waals surface area contributed by atoms with Crippen LogP contribution in [0.25, 0.3) is 5.65 Å². The van der Waals surface area contributed by atoms with Crippen molar-refractivity contribution in [1.82, 2.24) is 9.38 Å². The Kier molecular flexibility index (Phi) is 1.90. The lowest BCUT2D eigenvalue weighted by Crippen LogP contribution is -2.02. The van der Waals surface area contributed by atoms with E-state index < -0.39 is 0 Å². The minimum atomic E-state index is 0.200. The second-order valence-corrected chi connectivity index (χ2v) is 2.90. The molecule has 0 aromatic carbocycles. The number of rotatable bonds is 2. The molecule has 68 valence electrons. The molecular formula is C9H11N3O. The van der Waals surface area contributed by atoms with Gasteiger partial charge in [0.2, 0.25) is 0 Å². The molecule has 0 amide bonds. The molecule has 0 fully saturated rings. The number of hydrogen-bond donors (Lipinski definition) is 2. The largest absolute Gasteiger partial charge is 0.504 e. The van der Waals surface area contributed by atoms with E-state index in [1.165, 1.54) is 0 Å². The molecule has 4 heteroatoms. The van der Waals surface area contributed by atoms with Gasteiger partial charge in [0.25, 0.3) is 0 Å². The average molecular weight is 177 g/mol. The molecule has 0 atom stereocenters. The van der Waals surface area contributed by atoms with Gasteiger partial charge >= 0.3 is 0 Å². The topological polar surface area (TPSA) is 63.5 Å². The van der Waals surface area contributed by atoms with E-state index in [-0.39, 0.29) is 5.75 Å². The van der Waals surface area contributed by atoms with Crippen LogP contribution in [0.15, 0.2) is 24.5 Å². The van der Waals surface area contributed by atoms with E-state index in [2.05, 4.69) is 4.98 Å². The second-order valence-electron chi connectivity index (χ2n) is 2.90. The maximum absolute atomic E-state index is 9.44. The summed E-state index contributed by atoms with van der Waals surface area (Å²) in [5.41, 5.74) is 6.90. The lowest BCUT2D eigenvalue weighted by molar-refractivity contribution is 0.477. The van der Waals surface area contributed by atoms with Crippen LogP contribution in [-0.4, -0.2) is 21.0 Å². The summed E-state index contributed by atoms with van der Waals surface area (Å²) in [6, 6.07) is 3.39. The molecule has 0 unspecified atom stereocenters. The molecule has 2 aromatic heterocycles. The van der Waals surface area contributed by atoms with Gasteiger partial charge in [-0.3, -0.25) is 0 Å². The van der Waals surface area contributed by atoms with E-state index in [0.717, 1.165) is 12.1 Å². The molecule has 0 aliphatic rings. The van der Waals surface area contributed by atoms with E-state index in [9.17, 15) is 5.11 Å². The molecule has 0 radical (unpaired) electrons. The van der Waals surface area contributed by atoms with Gasteiger partial charge in [-0.1, -0.05) is 0 Å². The highest BCUT2D eigenvalue weighted by atomic mass is 16.3. The molecule has 0 saturated heterocycles. The van der Waals surface area contributed by atoms with Gasteiger partial charge in [0, 0.05) is 18.8 Å². The first-order valence-corrected chi connectivity index (χ1v) is 4.17. The summed E-state index contributed by atoms with van der Waals surface area (Å²) in [7, 11) is 0. The van der Waals surface area contributed by atoms with Crippen molar-refractivity contribution in [1.29, 1.82) is 0 Å². The summed E-state index contributed by atoms with van der Waals surface area (Å²) in [4.78, 5) is 4.23. The van der Waals surface area contributed by atoms with Crippen molar-refractivity contribution in [3.8, 4) is 5.75 Å². The smallest absolute Gasteiger partial charge is 0.179 e. The Morgan fingerprint density at radius 1 is 1.54 bits per heavy atom. The predicted molar refractivity (Wildman–Crippen MR) is 49.6 cm³/mol. The zero-order chi connectivity index (χ0) is 9.26. The zero-order valence-corrected chi connectivity index (χ0v) is 7.14. The third-order valence-electron chi connectivity index (χ3n) is 1.91. The van der Waals surface area contributed by atoms with Crippen molar-refractivity contribution >= 4 is 5.65 Å². The van der Waals surface area contributed by atoms with Crippen molar-refractivity contribution in [3.63, 3.8) is 0 Å². The summed E-state index contributed by atoms with van der Waals surface area (Å²) in [6.45, 7) is 0.574. The standard InChI is InChI=1S/C9H11N3O/c10-4-3-7-6-12-5-1-2-8(13)9(12)11-7/h1-2,5-6,13H,3-4,10H2. The Bertz CT molecular complexity index is 422. The van der Waals surface area contributed by atoms with E-state index >= 15 is 0 Å². The van der Waals surface area contributed by atoms with Crippen LogP contribution in [0, 0.1) is 0 Å². The first kappa shape index (κ1) is 8.07. The van der Waals surface area contributed by atoms with E-state index in [1.54, 1.807) is 16.5 Å². The minimum absolute atomic E-state index is 0.200. The van der Waals surface area contributed by atoms with E-state index in [1.807, 2.05) is 12.4 Å². The zero-order valence-electron chi connectivity index (χ0n) is 7.14. The van der Waals surface area contributed by atoms with Gasteiger partial charge in [-0.2, -0.15) is 0 Å². The molecule has 0 saturated carbocycles. The van der Waals surface area contributed by atoms with Crippen LogP contribution >= 0.6 is 0 Å². The fourth-order valence-corrected chi connectivity index (χ4v) is 1.32. The normalized spacial score (nSPS) is 10.8. The van der Waals surface area contributed by atoms with Gasteiger partial charge in [0.15, 0.2) is 11.4 Å². The SMILES string of the molecule is NCCc1cn2cccc(O)c2n1. The first-order chi connectivity index (χ1) is 6.31. The Balaban J connectivity index is 2.55. The predicted octanol–water partition coefficient (Wildman–Crippen LogP) is 0.541. The number of fused-ring (bicyclic) bond motifs is 1. The Morgan fingerprint density at radius 2 is 2.38 bits per heavy atom. The maximum atomic E-state index is 9.44. The average Bonchev–Trinajstić information content (AvgIpc) is 2.49. The lowest BCUT2D eigenvalue weighted by atomic mass is 10.3. The van der Waals surface area contributed by atoms with Crippen LogP contribution in [0.5, 0.6) is 5.75 Å². The quantitative estimate of drug-likeness (QED) is 0.703. The monoisotopic (exact) mass is 177 g/mol. The fourth-order valence-electron chi connectivity index (χ4n) is 1.32. The van der Waals surface area contributed by atoms with Crippen LogP contribution < -0.4 is 5.73 Å². The van der Waals surface area contributed by atoms with Gasteiger partial charge in [0.05, 0.1) is 5.69 Å². The van der Waals surface area contributed by atoms with E-state index in [0.29, 0.717) is 12.2 Å². The van der Waals surface area contributed by atoms with Crippen molar-refractivity contribution in [3.05, 3.63) is 30.2 Å². The molecule has 4 nitrogen and oxygen atoms in total. The second kappa shape index (κ2) is 3.06. The Labute approximate surface area is 75.6 Å². The molecular weight excluding hydrogens is 166 g/mol. The number of imidazole rings is 1. The molecule has 2 heterocycles. The van der Waals surface area contributed by atoms with Crippen LogP contribution in [0.3, 0.4) is 0 Å². The highest BCUT2D eigenvalue weighted by Crippen LogP contribution is 2.16. The number of pyridine rings is 1. The number of nitrogens with zero attached hydrogens (tertiary/aromatic N) is 2. The summed E-state index contributed by atoms with van der Waals surface area (Å²) in [5.74, 6) is 0.200. The molecule has 0 spiro atoms. The highest BCUT2D eigenvalue weighted by molar-refractivity contribution is 5.53.